The third kappa shape index (κ3) is 3.83. The average Bonchev–Trinajstić information content (AvgIpc) is 2.45. The number of amides is 1. The van der Waals surface area contributed by atoms with Crippen LogP contribution in [0.15, 0.2) is 30.3 Å². The zero-order valence-corrected chi connectivity index (χ0v) is 12.4. The number of aryl methyl sites for hydroxylation is 1. The third-order valence-electron chi connectivity index (χ3n) is 4.73. The molecular formula is C17H26N2O. The summed E-state index contributed by atoms with van der Waals surface area (Å²) in [5.41, 5.74) is 7.58. The van der Waals surface area contributed by atoms with Gasteiger partial charge in [-0.15, -0.1) is 0 Å². The van der Waals surface area contributed by atoms with E-state index in [0.29, 0.717) is 11.8 Å². The van der Waals surface area contributed by atoms with Crippen molar-refractivity contribution < 1.29 is 4.79 Å². The molecule has 0 saturated heterocycles. The summed E-state index contributed by atoms with van der Waals surface area (Å²) in [6.07, 6.45) is 6.48. The van der Waals surface area contributed by atoms with E-state index in [1.807, 2.05) is 18.2 Å². The van der Waals surface area contributed by atoms with Crippen molar-refractivity contribution in [3.8, 4) is 0 Å². The fourth-order valence-electron chi connectivity index (χ4n) is 2.84. The van der Waals surface area contributed by atoms with E-state index in [1.54, 1.807) is 0 Å². The number of hydrogen-bond donors (Lipinski definition) is 2. The standard InChI is InChI=1S/C17H26N2O/c1-2-17(11-6-12-17)13-19-16(20)15(18)10-9-14-7-4-3-5-8-14/h3-5,7-8,15H,2,6,9-13,18H2,1H3,(H,19,20)/t15-/m0/s1. The van der Waals surface area contributed by atoms with Crippen molar-refractivity contribution in [3.05, 3.63) is 35.9 Å². The van der Waals surface area contributed by atoms with Gasteiger partial charge < -0.3 is 11.1 Å². The van der Waals surface area contributed by atoms with Gasteiger partial charge in [-0.05, 0) is 43.1 Å². The SMILES string of the molecule is CCC1(CNC(=O)[C@@H](N)CCc2ccccc2)CCC1. The quantitative estimate of drug-likeness (QED) is 0.803. The first kappa shape index (κ1) is 15.0. The van der Waals surface area contributed by atoms with Crippen LogP contribution < -0.4 is 11.1 Å². The van der Waals surface area contributed by atoms with Crippen LogP contribution in [-0.2, 0) is 11.2 Å². The van der Waals surface area contributed by atoms with Gasteiger partial charge in [0.2, 0.25) is 5.91 Å². The van der Waals surface area contributed by atoms with Gasteiger partial charge in [0.25, 0.3) is 0 Å². The Morgan fingerprint density at radius 3 is 2.60 bits per heavy atom. The van der Waals surface area contributed by atoms with Crippen LogP contribution in [0.25, 0.3) is 0 Å². The molecule has 3 nitrogen and oxygen atoms in total. The van der Waals surface area contributed by atoms with E-state index in [4.69, 9.17) is 5.73 Å². The van der Waals surface area contributed by atoms with Crippen molar-refractivity contribution in [2.75, 3.05) is 6.54 Å². The first-order valence-electron chi connectivity index (χ1n) is 7.72. The van der Waals surface area contributed by atoms with Gasteiger partial charge in [-0.25, -0.2) is 0 Å². The highest BCUT2D eigenvalue weighted by atomic mass is 16.2. The Labute approximate surface area is 121 Å². The van der Waals surface area contributed by atoms with Crippen molar-refractivity contribution in [1.29, 1.82) is 0 Å². The Hall–Kier alpha value is -1.35. The number of nitrogens with two attached hydrogens (primary N) is 1. The molecule has 3 heteroatoms. The van der Waals surface area contributed by atoms with Gasteiger partial charge in [-0.3, -0.25) is 4.79 Å². The second-order valence-corrected chi connectivity index (χ2v) is 6.06. The fraction of sp³-hybridized carbons (Fsp3) is 0.588. The van der Waals surface area contributed by atoms with Crippen LogP contribution in [0.4, 0.5) is 0 Å². The monoisotopic (exact) mass is 274 g/mol. The summed E-state index contributed by atoms with van der Waals surface area (Å²) in [5, 5.41) is 3.05. The van der Waals surface area contributed by atoms with Crippen LogP contribution in [0.5, 0.6) is 0 Å². The number of carbonyl (C=O) groups excluding carboxylic acids is 1. The molecule has 1 atom stereocenters. The van der Waals surface area contributed by atoms with E-state index < -0.39 is 6.04 Å². The molecule has 0 aliphatic heterocycles. The molecule has 1 aromatic carbocycles. The maximum absolute atomic E-state index is 12.0. The maximum atomic E-state index is 12.0. The molecule has 0 radical (unpaired) electrons. The van der Waals surface area contributed by atoms with Gasteiger partial charge in [0.05, 0.1) is 6.04 Å². The lowest BCUT2D eigenvalue weighted by molar-refractivity contribution is -0.123. The highest BCUT2D eigenvalue weighted by Gasteiger charge is 2.35. The Bertz CT molecular complexity index is 420. The molecule has 110 valence electrons. The molecule has 0 bridgehead atoms. The van der Waals surface area contributed by atoms with Crippen LogP contribution in [0.3, 0.4) is 0 Å². The first-order valence-corrected chi connectivity index (χ1v) is 7.72. The summed E-state index contributed by atoms with van der Waals surface area (Å²) in [4.78, 5) is 12.0. The molecule has 1 aliphatic rings. The lowest BCUT2D eigenvalue weighted by Gasteiger charge is -2.41. The molecule has 0 unspecified atom stereocenters. The van der Waals surface area contributed by atoms with Crippen molar-refractivity contribution in [1.82, 2.24) is 5.32 Å². The number of rotatable bonds is 7. The number of carbonyl (C=O) groups is 1. The molecule has 2 rings (SSSR count). The molecule has 1 fully saturated rings. The second kappa shape index (κ2) is 6.89. The van der Waals surface area contributed by atoms with E-state index >= 15 is 0 Å². The summed E-state index contributed by atoms with van der Waals surface area (Å²) < 4.78 is 0. The predicted octanol–water partition coefficient (Wildman–Crippen LogP) is 2.64. The molecular weight excluding hydrogens is 248 g/mol. The minimum atomic E-state index is -0.399. The molecule has 3 N–H and O–H groups in total. The van der Waals surface area contributed by atoms with Gasteiger partial charge in [0.1, 0.15) is 0 Å². The Balaban J connectivity index is 1.72. The van der Waals surface area contributed by atoms with Crippen molar-refractivity contribution >= 4 is 5.91 Å². The van der Waals surface area contributed by atoms with Crippen molar-refractivity contribution in [2.24, 2.45) is 11.1 Å². The topological polar surface area (TPSA) is 55.1 Å². The molecule has 1 saturated carbocycles. The van der Waals surface area contributed by atoms with Crippen LogP contribution >= 0.6 is 0 Å². The highest BCUT2D eigenvalue weighted by Crippen LogP contribution is 2.42. The van der Waals surface area contributed by atoms with Gasteiger partial charge in [0.15, 0.2) is 0 Å². The molecule has 0 spiro atoms. The Kier molecular flexibility index (Phi) is 5.18. The number of hydrogen-bond acceptors (Lipinski definition) is 2. The number of nitrogens with one attached hydrogen (secondary N) is 1. The number of benzene rings is 1. The van der Waals surface area contributed by atoms with E-state index in [2.05, 4.69) is 24.4 Å². The zero-order chi connectivity index (χ0) is 14.4. The lowest BCUT2D eigenvalue weighted by atomic mass is 9.67. The summed E-state index contributed by atoms with van der Waals surface area (Å²) >= 11 is 0. The summed E-state index contributed by atoms with van der Waals surface area (Å²) in [7, 11) is 0. The normalized spacial score (nSPS) is 18.1. The summed E-state index contributed by atoms with van der Waals surface area (Å²) in [5.74, 6) is 0.000608. The van der Waals surface area contributed by atoms with Crippen LogP contribution in [0.2, 0.25) is 0 Å². The smallest absolute Gasteiger partial charge is 0.236 e. The van der Waals surface area contributed by atoms with E-state index in [-0.39, 0.29) is 5.91 Å². The molecule has 20 heavy (non-hydrogen) atoms. The lowest BCUT2D eigenvalue weighted by Crippen LogP contribution is -2.47. The van der Waals surface area contributed by atoms with Crippen molar-refractivity contribution in [3.63, 3.8) is 0 Å². The van der Waals surface area contributed by atoms with Crippen LogP contribution in [0, 0.1) is 5.41 Å². The summed E-state index contributed by atoms with van der Waals surface area (Å²) in [6, 6.07) is 9.78. The fourth-order valence-corrected chi connectivity index (χ4v) is 2.84. The van der Waals surface area contributed by atoms with Gasteiger partial charge in [-0.2, -0.15) is 0 Å². The minimum Gasteiger partial charge on any atom is -0.354 e. The largest absolute Gasteiger partial charge is 0.354 e. The third-order valence-corrected chi connectivity index (χ3v) is 4.73. The zero-order valence-electron chi connectivity index (χ0n) is 12.4. The van der Waals surface area contributed by atoms with E-state index in [0.717, 1.165) is 19.4 Å². The molecule has 1 aliphatic carbocycles. The highest BCUT2D eigenvalue weighted by molar-refractivity contribution is 5.81. The summed E-state index contributed by atoms with van der Waals surface area (Å²) in [6.45, 7) is 3.00. The minimum absolute atomic E-state index is 0.000608. The van der Waals surface area contributed by atoms with E-state index in [1.165, 1.54) is 24.8 Å². The average molecular weight is 274 g/mol. The maximum Gasteiger partial charge on any atom is 0.236 e. The van der Waals surface area contributed by atoms with E-state index in [9.17, 15) is 4.79 Å². The van der Waals surface area contributed by atoms with Gasteiger partial charge in [0, 0.05) is 6.54 Å². The first-order chi connectivity index (χ1) is 9.65. The molecule has 1 amide bonds. The molecule has 0 heterocycles. The van der Waals surface area contributed by atoms with Crippen LogP contribution in [0.1, 0.15) is 44.6 Å². The van der Waals surface area contributed by atoms with Crippen molar-refractivity contribution in [2.45, 2.75) is 51.5 Å². The predicted molar refractivity (Wildman–Crippen MR) is 82.3 cm³/mol. The Morgan fingerprint density at radius 1 is 1.35 bits per heavy atom. The second-order valence-electron chi connectivity index (χ2n) is 6.06. The van der Waals surface area contributed by atoms with Crippen LogP contribution in [-0.4, -0.2) is 18.5 Å². The molecule has 0 aromatic heterocycles. The molecule has 1 aromatic rings. The van der Waals surface area contributed by atoms with Gasteiger partial charge in [-0.1, -0.05) is 43.7 Å². The Morgan fingerprint density at radius 2 is 2.05 bits per heavy atom. The van der Waals surface area contributed by atoms with Gasteiger partial charge >= 0.3 is 0 Å².